The van der Waals surface area contributed by atoms with Crippen molar-refractivity contribution < 1.29 is 18.3 Å². The highest BCUT2D eigenvalue weighted by molar-refractivity contribution is 7.89. The van der Waals surface area contributed by atoms with Gasteiger partial charge in [-0.1, -0.05) is 18.5 Å². The summed E-state index contributed by atoms with van der Waals surface area (Å²) < 4.78 is 32.1. The molecule has 2 N–H and O–H groups in total. The van der Waals surface area contributed by atoms with Crippen molar-refractivity contribution >= 4 is 21.6 Å². The Hall–Kier alpha value is -0.660. The smallest absolute Gasteiger partial charge is 0.240 e. The molecule has 0 saturated carbocycles. The summed E-state index contributed by atoms with van der Waals surface area (Å²) in [4.78, 5) is 0.0960. The number of rotatable bonds is 7. The average Bonchev–Trinajstić information content (AvgIpc) is 2.39. The van der Waals surface area contributed by atoms with Crippen LogP contribution in [0.15, 0.2) is 17.0 Å². The minimum Gasteiger partial charge on any atom is -0.392 e. The molecule has 1 aromatic rings. The first-order valence-electron chi connectivity index (χ1n) is 6.20. The highest BCUT2D eigenvalue weighted by Crippen LogP contribution is 2.24. The van der Waals surface area contributed by atoms with E-state index in [0.29, 0.717) is 17.7 Å². The lowest BCUT2D eigenvalue weighted by atomic mass is 10.1. The zero-order valence-corrected chi connectivity index (χ0v) is 13.4. The number of methoxy groups -OCH3 is 1. The van der Waals surface area contributed by atoms with Crippen molar-refractivity contribution in [3.05, 3.63) is 28.3 Å². The second kappa shape index (κ2) is 7.38. The van der Waals surface area contributed by atoms with Gasteiger partial charge < -0.3 is 9.84 Å². The molecule has 0 fully saturated rings. The van der Waals surface area contributed by atoms with E-state index in [-0.39, 0.29) is 29.0 Å². The molecule has 0 bridgehead atoms. The van der Waals surface area contributed by atoms with Gasteiger partial charge in [0.15, 0.2) is 0 Å². The molecule has 0 aromatic heterocycles. The number of aliphatic hydroxyl groups excluding tert-OH is 1. The number of halogens is 1. The van der Waals surface area contributed by atoms with Crippen LogP contribution >= 0.6 is 11.6 Å². The van der Waals surface area contributed by atoms with Gasteiger partial charge in [-0.2, -0.15) is 0 Å². The topological polar surface area (TPSA) is 75.6 Å². The Balaban J connectivity index is 3.01. The summed E-state index contributed by atoms with van der Waals surface area (Å²) in [6, 6.07) is 2.95. The predicted octanol–water partition coefficient (Wildman–Crippen LogP) is 1.70. The maximum Gasteiger partial charge on any atom is 0.240 e. The first-order valence-corrected chi connectivity index (χ1v) is 8.06. The average molecular weight is 322 g/mol. The summed E-state index contributed by atoms with van der Waals surface area (Å²) >= 11 is 5.90. The second-order valence-corrected chi connectivity index (χ2v) is 6.93. The van der Waals surface area contributed by atoms with Gasteiger partial charge in [0.2, 0.25) is 10.0 Å². The van der Waals surface area contributed by atoms with Crippen LogP contribution in [0, 0.1) is 12.8 Å². The van der Waals surface area contributed by atoms with Crippen molar-refractivity contribution in [3.8, 4) is 0 Å². The Labute approximate surface area is 125 Å². The highest BCUT2D eigenvalue weighted by atomic mass is 35.5. The van der Waals surface area contributed by atoms with E-state index in [1.54, 1.807) is 20.1 Å². The van der Waals surface area contributed by atoms with Crippen molar-refractivity contribution in [1.29, 1.82) is 0 Å². The molecule has 5 nitrogen and oxygen atoms in total. The Morgan fingerprint density at radius 1 is 1.45 bits per heavy atom. The van der Waals surface area contributed by atoms with Crippen molar-refractivity contribution in [2.24, 2.45) is 5.92 Å². The van der Waals surface area contributed by atoms with Crippen molar-refractivity contribution in [3.63, 3.8) is 0 Å². The Morgan fingerprint density at radius 3 is 2.65 bits per heavy atom. The van der Waals surface area contributed by atoms with Gasteiger partial charge in [0, 0.05) is 25.3 Å². The molecule has 1 unspecified atom stereocenters. The van der Waals surface area contributed by atoms with Crippen molar-refractivity contribution in [2.45, 2.75) is 25.3 Å². The summed E-state index contributed by atoms with van der Waals surface area (Å²) in [6.07, 6.45) is 0. The monoisotopic (exact) mass is 321 g/mol. The number of sulfonamides is 1. The molecule has 0 heterocycles. The van der Waals surface area contributed by atoms with Crippen LogP contribution in [0.3, 0.4) is 0 Å². The van der Waals surface area contributed by atoms with E-state index in [1.165, 1.54) is 6.07 Å². The molecule has 0 aliphatic rings. The van der Waals surface area contributed by atoms with E-state index in [1.807, 2.05) is 6.92 Å². The van der Waals surface area contributed by atoms with Crippen molar-refractivity contribution in [2.75, 3.05) is 20.3 Å². The van der Waals surface area contributed by atoms with Crippen LogP contribution in [0.2, 0.25) is 5.02 Å². The van der Waals surface area contributed by atoms with E-state index < -0.39 is 10.0 Å². The highest BCUT2D eigenvalue weighted by Gasteiger charge is 2.20. The fourth-order valence-electron chi connectivity index (χ4n) is 1.82. The molecule has 0 radical (unpaired) electrons. The third kappa shape index (κ3) is 4.43. The van der Waals surface area contributed by atoms with Gasteiger partial charge in [0.25, 0.3) is 0 Å². The zero-order valence-electron chi connectivity index (χ0n) is 11.8. The summed E-state index contributed by atoms with van der Waals surface area (Å²) in [6.45, 7) is 4.02. The SMILES string of the molecule is COCC(C)CNS(=O)(=O)c1cc(Cl)cc(CO)c1C. The van der Waals surface area contributed by atoms with Crippen LogP contribution in [-0.2, 0) is 21.4 Å². The summed E-state index contributed by atoms with van der Waals surface area (Å²) in [5.74, 6) is 0.0616. The number of ether oxygens (including phenoxy) is 1. The van der Waals surface area contributed by atoms with Gasteiger partial charge in [0.1, 0.15) is 0 Å². The van der Waals surface area contributed by atoms with Gasteiger partial charge in [-0.15, -0.1) is 0 Å². The number of nitrogens with one attached hydrogen (secondary N) is 1. The zero-order chi connectivity index (χ0) is 15.3. The largest absolute Gasteiger partial charge is 0.392 e. The molecule has 0 aliphatic heterocycles. The molecule has 0 amide bonds. The third-order valence-electron chi connectivity index (χ3n) is 2.97. The molecular formula is C13H20ClNO4S. The van der Waals surface area contributed by atoms with E-state index in [0.717, 1.165) is 0 Å². The quantitative estimate of drug-likeness (QED) is 0.801. The van der Waals surface area contributed by atoms with Gasteiger partial charge in [0.05, 0.1) is 11.5 Å². The second-order valence-electron chi connectivity index (χ2n) is 4.76. The van der Waals surface area contributed by atoms with Crippen LogP contribution in [0.25, 0.3) is 0 Å². The lowest BCUT2D eigenvalue weighted by Gasteiger charge is -2.15. The van der Waals surface area contributed by atoms with Crippen LogP contribution in [-0.4, -0.2) is 33.8 Å². The van der Waals surface area contributed by atoms with E-state index >= 15 is 0 Å². The lowest BCUT2D eigenvalue weighted by Crippen LogP contribution is -2.30. The normalized spacial score (nSPS) is 13.4. The fourth-order valence-corrected chi connectivity index (χ4v) is 3.61. The van der Waals surface area contributed by atoms with Crippen LogP contribution in [0.4, 0.5) is 0 Å². The van der Waals surface area contributed by atoms with Crippen LogP contribution in [0.1, 0.15) is 18.1 Å². The molecule has 7 heteroatoms. The first-order chi connectivity index (χ1) is 9.31. The maximum absolute atomic E-state index is 12.3. The molecule has 1 atom stereocenters. The molecule has 0 saturated heterocycles. The van der Waals surface area contributed by atoms with Gasteiger partial charge >= 0.3 is 0 Å². The molecule has 20 heavy (non-hydrogen) atoms. The molecule has 0 spiro atoms. The summed E-state index contributed by atoms with van der Waals surface area (Å²) in [7, 11) is -2.09. The minimum absolute atomic E-state index is 0.0616. The standard InChI is InChI=1S/C13H20ClNO4S/c1-9(8-19-3)6-15-20(17,18)13-5-12(14)4-11(7-16)10(13)2/h4-5,9,15-16H,6-8H2,1-3H3. The molecule has 1 aromatic carbocycles. The summed E-state index contributed by atoms with van der Waals surface area (Å²) in [5, 5.41) is 9.51. The van der Waals surface area contributed by atoms with Crippen LogP contribution in [0.5, 0.6) is 0 Å². The number of benzene rings is 1. The Kier molecular flexibility index (Phi) is 6.42. The van der Waals surface area contributed by atoms with E-state index in [2.05, 4.69) is 4.72 Å². The third-order valence-corrected chi connectivity index (χ3v) is 4.73. The van der Waals surface area contributed by atoms with E-state index in [9.17, 15) is 13.5 Å². The van der Waals surface area contributed by atoms with Crippen molar-refractivity contribution in [1.82, 2.24) is 4.72 Å². The molecule has 0 aliphatic carbocycles. The van der Waals surface area contributed by atoms with Gasteiger partial charge in [-0.05, 0) is 36.1 Å². The number of aliphatic hydroxyl groups is 1. The first kappa shape index (κ1) is 17.4. The molecule has 1 rings (SSSR count). The lowest BCUT2D eigenvalue weighted by molar-refractivity contribution is 0.161. The van der Waals surface area contributed by atoms with Crippen LogP contribution < -0.4 is 4.72 Å². The van der Waals surface area contributed by atoms with Gasteiger partial charge in [-0.25, -0.2) is 13.1 Å². The number of hydrogen-bond donors (Lipinski definition) is 2. The van der Waals surface area contributed by atoms with E-state index in [4.69, 9.17) is 16.3 Å². The molecule has 114 valence electrons. The maximum atomic E-state index is 12.3. The van der Waals surface area contributed by atoms with Gasteiger partial charge in [-0.3, -0.25) is 0 Å². The fraction of sp³-hybridized carbons (Fsp3) is 0.538. The molecular weight excluding hydrogens is 302 g/mol. The number of hydrogen-bond acceptors (Lipinski definition) is 4. The minimum atomic E-state index is -3.66. The Bertz CT molecular complexity index is 560. The Morgan fingerprint density at radius 2 is 2.10 bits per heavy atom. The predicted molar refractivity (Wildman–Crippen MR) is 78.3 cm³/mol. The summed E-state index contributed by atoms with van der Waals surface area (Å²) in [5.41, 5.74) is 1.01.